The topological polar surface area (TPSA) is 123 Å². The number of benzene rings is 1. The number of nitrogens with zero attached hydrogens (tertiary/aromatic N) is 4. The van der Waals surface area contributed by atoms with Crippen LogP contribution in [0.1, 0.15) is 24.2 Å². The van der Waals surface area contributed by atoms with Gasteiger partial charge in [-0.25, -0.2) is 4.98 Å². The Labute approximate surface area is 163 Å². The first-order valence-electron chi connectivity index (χ1n) is 8.34. The molecular weight excluding hydrogens is 415 g/mol. The highest BCUT2D eigenvalue weighted by molar-refractivity contribution is 7.85. The van der Waals surface area contributed by atoms with Crippen LogP contribution in [0.3, 0.4) is 0 Å². The van der Waals surface area contributed by atoms with Crippen LogP contribution < -0.4 is 5.32 Å². The lowest BCUT2D eigenvalue weighted by atomic mass is 10.4. The van der Waals surface area contributed by atoms with Crippen LogP contribution in [-0.2, 0) is 35.9 Å². The first kappa shape index (κ1) is 21.0. The molecule has 2 aromatic heterocycles. The SMILES string of the molecule is CCn1c(-c2nnc(C(F)(F)F)o2)nc2c1CNC2.O=S(=O)(O)c1ccccc1. The molecule has 0 spiro atoms. The summed E-state index contributed by atoms with van der Waals surface area (Å²) in [6, 6.07) is 7.42. The van der Waals surface area contributed by atoms with Crippen molar-refractivity contribution >= 4 is 10.1 Å². The number of alkyl halides is 3. The summed E-state index contributed by atoms with van der Waals surface area (Å²) in [4.78, 5) is 4.19. The maximum absolute atomic E-state index is 12.4. The van der Waals surface area contributed by atoms with E-state index >= 15 is 0 Å². The third-order valence-corrected chi connectivity index (χ3v) is 4.82. The minimum Gasteiger partial charge on any atom is -0.410 e. The van der Waals surface area contributed by atoms with Crippen LogP contribution in [0.25, 0.3) is 11.7 Å². The average molecular weight is 431 g/mol. The van der Waals surface area contributed by atoms with Gasteiger partial charge in [0.15, 0.2) is 5.82 Å². The Bertz CT molecular complexity index is 1090. The molecular formula is C16H16F3N5O4S. The lowest BCUT2D eigenvalue weighted by Crippen LogP contribution is -2.08. The maximum Gasteiger partial charge on any atom is 0.470 e. The predicted octanol–water partition coefficient (Wildman–Crippen LogP) is 2.51. The van der Waals surface area contributed by atoms with Crippen molar-refractivity contribution in [3.8, 4) is 11.7 Å². The van der Waals surface area contributed by atoms with Gasteiger partial charge in [-0.3, -0.25) is 4.55 Å². The zero-order valence-electron chi connectivity index (χ0n) is 15.0. The second kappa shape index (κ2) is 7.93. The van der Waals surface area contributed by atoms with Gasteiger partial charge in [0.2, 0.25) is 0 Å². The monoisotopic (exact) mass is 431 g/mol. The van der Waals surface area contributed by atoms with Crippen LogP contribution in [0.4, 0.5) is 13.2 Å². The Balaban J connectivity index is 0.000000204. The summed E-state index contributed by atoms with van der Waals surface area (Å²) in [7, 11) is -4.00. The van der Waals surface area contributed by atoms with Gasteiger partial charge in [-0.1, -0.05) is 18.2 Å². The molecule has 1 aromatic carbocycles. The summed E-state index contributed by atoms with van der Waals surface area (Å²) in [5, 5.41) is 9.57. The van der Waals surface area contributed by atoms with Gasteiger partial charge in [0, 0.05) is 19.6 Å². The van der Waals surface area contributed by atoms with Crippen LogP contribution in [0, 0.1) is 0 Å². The minimum atomic E-state index is -4.64. The Morgan fingerprint density at radius 2 is 1.90 bits per heavy atom. The van der Waals surface area contributed by atoms with Crippen molar-refractivity contribution in [2.24, 2.45) is 0 Å². The van der Waals surface area contributed by atoms with Crippen molar-refractivity contribution in [1.82, 2.24) is 25.1 Å². The number of halogens is 3. The number of hydrogen-bond acceptors (Lipinski definition) is 7. The number of nitrogens with one attached hydrogen (secondary N) is 1. The molecule has 0 unspecified atom stereocenters. The van der Waals surface area contributed by atoms with E-state index in [0.29, 0.717) is 19.6 Å². The normalized spacial score (nSPS) is 13.7. The molecule has 4 rings (SSSR count). The lowest BCUT2D eigenvalue weighted by Gasteiger charge is -2.04. The van der Waals surface area contributed by atoms with Gasteiger partial charge in [-0.2, -0.15) is 21.6 Å². The minimum absolute atomic E-state index is 0.0741. The summed E-state index contributed by atoms with van der Waals surface area (Å²) >= 11 is 0. The van der Waals surface area contributed by atoms with Crippen molar-refractivity contribution in [3.63, 3.8) is 0 Å². The zero-order valence-corrected chi connectivity index (χ0v) is 15.8. The molecule has 3 aromatic rings. The number of hydrogen-bond donors (Lipinski definition) is 2. The zero-order chi connectivity index (χ0) is 21.2. The van der Waals surface area contributed by atoms with E-state index in [0.717, 1.165) is 11.4 Å². The molecule has 0 bridgehead atoms. The van der Waals surface area contributed by atoms with Gasteiger partial charge < -0.3 is 14.3 Å². The smallest absolute Gasteiger partial charge is 0.410 e. The van der Waals surface area contributed by atoms with E-state index in [4.69, 9.17) is 4.55 Å². The third kappa shape index (κ3) is 4.63. The van der Waals surface area contributed by atoms with Crippen LogP contribution in [-0.4, -0.2) is 32.7 Å². The summed E-state index contributed by atoms with van der Waals surface area (Å²) in [5.41, 5.74) is 1.76. The maximum atomic E-state index is 12.4. The predicted molar refractivity (Wildman–Crippen MR) is 93.0 cm³/mol. The molecule has 0 atom stereocenters. The largest absolute Gasteiger partial charge is 0.470 e. The standard InChI is InChI=1S/C10H10F3N5O.C6H6O3S/c1-2-18-6-4-14-3-5(6)15-7(18)8-16-17-9(19-8)10(11,12)13;7-10(8,9)6-4-2-1-3-5-6/h14H,2-4H2,1H3;1-5H,(H,7,8,9). The van der Waals surface area contributed by atoms with Crippen molar-refractivity contribution in [1.29, 1.82) is 0 Å². The summed E-state index contributed by atoms with van der Waals surface area (Å²) < 4.78 is 73.0. The van der Waals surface area contributed by atoms with Crippen LogP contribution in [0.5, 0.6) is 0 Å². The fraction of sp³-hybridized carbons (Fsp3) is 0.312. The van der Waals surface area contributed by atoms with Crippen LogP contribution in [0.15, 0.2) is 39.6 Å². The highest BCUT2D eigenvalue weighted by Crippen LogP contribution is 2.31. The highest BCUT2D eigenvalue weighted by Gasteiger charge is 2.39. The first-order valence-corrected chi connectivity index (χ1v) is 9.78. The van der Waals surface area contributed by atoms with Crippen molar-refractivity contribution in [2.45, 2.75) is 37.6 Å². The number of imidazole rings is 1. The van der Waals surface area contributed by atoms with Gasteiger partial charge in [-0.05, 0) is 19.1 Å². The second-order valence-corrected chi connectivity index (χ2v) is 7.30. The van der Waals surface area contributed by atoms with E-state index in [1.54, 1.807) is 22.8 Å². The van der Waals surface area contributed by atoms with Crippen molar-refractivity contribution in [2.75, 3.05) is 0 Å². The summed E-state index contributed by atoms with van der Waals surface area (Å²) in [6.45, 7) is 3.68. The Morgan fingerprint density at radius 3 is 2.41 bits per heavy atom. The molecule has 1 aliphatic rings. The molecule has 0 saturated carbocycles. The van der Waals surface area contributed by atoms with Gasteiger partial charge in [0.1, 0.15) is 0 Å². The number of aromatic nitrogens is 4. The first-order chi connectivity index (χ1) is 13.6. The van der Waals surface area contributed by atoms with E-state index in [1.807, 2.05) is 6.92 Å². The molecule has 2 N–H and O–H groups in total. The molecule has 29 heavy (non-hydrogen) atoms. The lowest BCUT2D eigenvalue weighted by molar-refractivity contribution is -0.157. The van der Waals surface area contributed by atoms with Gasteiger partial charge in [-0.15, -0.1) is 10.2 Å². The van der Waals surface area contributed by atoms with E-state index in [-0.39, 0.29) is 16.6 Å². The second-order valence-electron chi connectivity index (χ2n) is 5.87. The fourth-order valence-corrected chi connectivity index (χ4v) is 3.20. The Morgan fingerprint density at radius 1 is 1.21 bits per heavy atom. The quantitative estimate of drug-likeness (QED) is 0.607. The average Bonchev–Trinajstić information content (AvgIpc) is 3.36. The number of fused-ring (bicyclic) bond motifs is 1. The van der Waals surface area contributed by atoms with Gasteiger partial charge >= 0.3 is 12.1 Å². The van der Waals surface area contributed by atoms with Gasteiger partial charge in [0.05, 0.1) is 16.3 Å². The van der Waals surface area contributed by atoms with E-state index in [1.165, 1.54) is 12.1 Å². The molecule has 13 heteroatoms. The molecule has 0 fully saturated rings. The molecule has 156 valence electrons. The molecule has 9 nitrogen and oxygen atoms in total. The van der Waals surface area contributed by atoms with Crippen LogP contribution in [0.2, 0.25) is 0 Å². The molecule has 0 saturated heterocycles. The molecule has 3 heterocycles. The summed E-state index contributed by atoms with van der Waals surface area (Å²) in [5.74, 6) is -1.27. The fourth-order valence-electron chi connectivity index (χ4n) is 2.70. The molecule has 0 radical (unpaired) electrons. The van der Waals surface area contributed by atoms with Crippen LogP contribution >= 0.6 is 0 Å². The van der Waals surface area contributed by atoms with Gasteiger partial charge in [0.25, 0.3) is 16.0 Å². The number of rotatable bonds is 3. The Kier molecular flexibility index (Phi) is 5.73. The van der Waals surface area contributed by atoms with E-state index < -0.39 is 22.2 Å². The molecule has 0 aliphatic carbocycles. The van der Waals surface area contributed by atoms with Crippen molar-refractivity contribution in [3.05, 3.63) is 47.6 Å². The van der Waals surface area contributed by atoms with E-state index in [9.17, 15) is 21.6 Å². The molecule has 1 aliphatic heterocycles. The third-order valence-electron chi connectivity index (χ3n) is 3.96. The Hall–Kier alpha value is -2.77. The summed E-state index contributed by atoms with van der Waals surface area (Å²) in [6.07, 6.45) is -4.64. The van der Waals surface area contributed by atoms with Crippen molar-refractivity contribution < 1.29 is 30.6 Å². The molecule has 0 amide bonds. The highest BCUT2D eigenvalue weighted by atomic mass is 32.2. The van der Waals surface area contributed by atoms with E-state index in [2.05, 4.69) is 24.9 Å².